The van der Waals surface area contributed by atoms with Gasteiger partial charge in [0.1, 0.15) is 5.82 Å². The molecule has 0 bridgehead atoms. The summed E-state index contributed by atoms with van der Waals surface area (Å²) < 4.78 is 15.0. The lowest BCUT2D eigenvalue weighted by Crippen LogP contribution is -2.01. The number of hydrogen-bond donors (Lipinski definition) is 1. The zero-order valence-electron chi connectivity index (χ0n) is 10.4. The van der Waals surface area contributed by atoms with Gasteiger partial charge in [0.2, 0.25) is 5.95 Å². The Morgan fingerprint density at radius 3 is 2.62 bits per heavy atom. The molecule has 3 rings (SSSR count). The van der Waals surface area contributed by atoms with E-state index in [1.165, 1.54) is 18.2 Å². The fraction of sp³-hybridized carbons (Fsp3) is 0. The predicted molar refractivity (Wildman–Crippen MR) is 80.2 cm³/mol. The minimum atomic E-state index is -0.570. The van der Waals surface area contributed by atoms with E-state index in [9.17, 15) is 4.39 Å². The Balaban J connectivity index is 2.32. The fourth-order valence-electron chi connectivity index (χ4n) is 2.10. The number of anilines is 1. The SMILES string of the molecule is N#Cc1ccc(-n2c(N)nc3cc(F)c(Cl)cc32)c(Cl)c1. The molecule has 2 N–H and O–H groups in total. The molecular formula is C14H7Cl2FN4. The van der Waals surface area contributed by atoms with E-state index in [1.807, 2.05) is 6.07 Å². The minimum absolute atomic E-state index is 0.0339. The Kier molecular flexibility index (Phi) is 3.20. The van der Waals surface area contributed by atoms with Gasteiger partial charge in [0, 0.05) is 6.07 Å². The molecule has 7 heteroatoms. The van der Waals surface area contributed by atoms with E-state index in [4.69, 9.17) is 34.2 Å². The fourth-order valence-corrected chi connectivity index (χ4v) is 2.53. The second kappa shape index (κ2) is 4.92. The molecule has 0 spiro atoms. The number of nitriles is 1. The van der Waals surface area contributed by atoms with Gasteiger partial charge in [-0.05, 0) is 24.3 Å². The Hall–Kier alpha value is -2.29. The first-order valence-electron chi connectivity index (χ1n) is 5.84. The summed E-state index contributed by atoms with van der Waals surface area (Å²) in [7, 11) is 0. The number of hydrogen-bond acceptors (Lipinski definition) is 3. The molecule has 4 nitrogen and oxygen atoms in total. The molecule has 1 heterocycles. The highest BCUT2D eigenvalue weighted by Gasteiger charge is 2.15. The lowest BCUT2D eigenvalue weighted by atomic mass is 10.2. The van der Waals surface area contributed by atoms with Crippen molar-refractivity contribution >= 4 is 40.2 Å². The first-order valence-corrected chi connectivity index (χ1v) is 6.60. The number of nitrogen functional groups attached to an aromatic ring is 1. The summed E-state index contributed by atoms with van der Waals surface area (Å²) in [5, 5.41) is 9.17. The van der Waals surface area contributed by atoms with E-state index >= 15 is 0 Å². The molecule has 0 fully saturated rings. The van der Waals surface area contributed by atoms with Gasteiger partial charge in [0.15, 0.2) is 0 Å². The molecule has 2 aromatic carbocycles. The largest absolute Gasteiger partial charge is 0.369 e. The van der Waals surface area contributed by atoms with Crippen LogP contribution in [0, 0.1) is 17.1 Å². The predicted octanol–water partition coefficient (Wildman–Crippen LogP) is 3.93. The van der Waals surface area contributed by atoms with Crippen molar-refractivity contribution in [3.8, 4) is 11.8 Å². The monoisotopic (exact) mass is 320 g/mol. The smallest absolute Gasteiger partial charge is 0.205 e. The number of rotatable bonds is 1. The minimum Gasteiger partial charge on any atom is -0.369 e. The van der Waals surface area contributed by atoms with Crippen LogP contribution in [0.5, 0.6) is 0 Å². The van der Waals surface area contributed by atoms with Gasteiger partial charge in [-0.15, -0.1) is 0 Å². The molecule has 0 saturated carbocycles. The molecule has 0 aliphatic rings. The highest BCUT2D eigenvalue weighted by atomic mass is 35.5. The maximum Gasteiger partial charge on any atom is 0.205 e. The van der Waals surface area contributed by atoms with E-state index in [1.54, 1.807) is 16.7 Å². The number of nitrogens with two attached hydrogens (primary N) is 1. The van der Waals surface area contributed by atoms with Crippen molar-refractivity contribution in [3.05, 3.63) is 51.8 Å². The molecule has 0 aliphatic heterocycles. The molecule has 0 atom stereocenters. The molecule has 0 saturated heterocycles. The van der Waals surface area contributed by atoms with Crippen LogP contribution < -0.4 is 5.73 Å². The third-order valence-corrected chi connectivity index (χ3v) is 3.63. The highest BCUT2D eigenvalue weighted by Crippen LogP contribution is 2.31. The lowest BCUT2D eigenvalue weighted by molar-refractivity contribution is 0.630. The van der Waals surface area contributed by atoms with Crippen LogP contribution in [0.1, 0.15) is 5.56 Å². The van der Waals surface area contributed by atoms with Crippen LogP contribution in [0.3, 0.4) is 0 Å². The van der Waals surface area contributed by atoms with Gasteiger partial charge in [-0.3, -0.25) is 4.57 Å². The Bertz CT molecular complexity index is 911. The summed E-state index contributed by atoms with van der Waals surface area (Å²) in [6.45, 7) is 0. The molecule has 21 heavy (non-hydrogen) atoms. The van der Waals surface area contributed by atoms with Crippen molar-refractivity contribution in [1.29, 1.82) is 5.26 Å². The van der Waals surface area contributed by atoms with Crippen LogP contribution in [0.15, 0.2) is 30.3 Å². The molecule has 104 valence electrons. The quantitative estimate of drug-likeness (QED) is 0.738. The summed E-state index contributed by atoms with van der Waals surface area (Å²) >= 11 is 12.0. The Morgan fingerprint density at radius 1 is 1.19 bits per heavy atom. The number of imidazole rings is 1. The second-order valence-electron chi connectivity index (χ2n) is 4.34. The number of aromatic nitrogens is 2. The zero-order chi connectivity index (χ0) is 15.1. The van der Waals surface area contributed by atoms with Gasteiger partial charge in [0.05, 0.1) is 38.4 Å². The number of fused-ring (bicyclic) bond motifs is 1. The molecule has 3 aromatic rings. The summed E-state index contributed by atoms with van der Waals surface area (Å²) in [5.74, 6) is -0.419. The first kappa shape index (κ1) is 13.7. The highest BCUT2D eigenvalue weighted by molar-refractivity contribution is 6.33. The van der Waals surface area contributed by atoms with Crippen LogP contribution in [0.25, 0.3) is 16.7 Å². The van der Waals surface area contributed by atoms with Crippen LogP contribution in [0.2, 0.25) is 10.0 Å². The lowest BCUT2D eigenvalue weighted by Gasteiger charge is -2.09. The van der Waals surface area contributed by atoms with Gasteiger partial charge in [-0.25, -0.2) is 9.37 Å². The molecule has 0 amide bonds. The van der Waals surface area contributed by atoms with Gasteiger partial charge < -0.3 is 5.73 Å². The van der Waals surface area contributed by atoms with Gasteiger partial charge in [-0.2, -0.15) is 5.26 Å². The van der Waals surface area contributed by atoms with Gasteiger partial charge >= 0.3 is 0 Å². The van der Waals surface area contributed by atoms with E-state index in [0.717, 1.165) is 0 Å². The number of nitrogens with zero attached hydrogens (tertiary/aromatic N) is 3. The second-order valence-corrected chi connectivity index (χ2v) is 5.15. The standard InChI is InChI=1S/C14H7Cl2FN4/c15-8-4-13-11(5-10(8)17)20-14(19)21(13)12-2-1-7(6-18)3-9(12)16/h1-5H,(H2,19,20). The Labute approximate surface area is 129 Å². The molecular weight excluding hydrogens is 314 g/mol. The average molecular weight is 321 g/mol. The van der Waals surface area contributed by atoms with Gasteiger partial charge in [0.25, 0.3) is 0 Å². The summed E-state index contributed by atoms with van der Waals surface area (Å²) in [5.41, 5.74) is 7.76. The first-order chi connectivity index (χ1) is 10.0. The van der Waals surface area contributed by atoms with Crippen LogP contribution in [0.4, 0.5) is 10.3 Å². The van der Waals surface area contributed by atoms with E-state index < -0.39 is 5.82 Å². The van der Waals surface area contributed by atoms with Crippen molar-refractivity contribution in [3.63, 3.8) is 0 Å². The zero-order valence-corrected chi connectivity index (χ0v) is 12.0. The van der Waals surface area contributed by atoms with Crippen LogP contribution in [-0.2, 0) is 0 Å². The summed E-state index contributed by atoms with van der Waals surface area (Å²) in [6, 6.07) is 9.42. The summed E-state index contributed by atoms with van der Waals surface area (Å²) in [4.78, 5) is 4.09. The van der Waals surface area contributed by atoms with Crippen LogP contribution >= 0.6 is 23.2 Å². The van der Waals surface area contributed by atoms with Crippen molar-refractivity contribution < 1.29 is 4.39 Å². The molecule has 1 aromatic heterocycles. The number of benzene rings is 2. The topological polar surface area (TPSA) is 67.6 Å². The third-order valence-electron chi connectivity index (χ3n) is 3.04. The normalized spacial score (nSPS) is 10.8. The average Bonchev–Trinajstić information content (AvgIpc) is 2.75. The third kappa shape index (κ3) is 2.19. The molecule has 0 radical (unpaired) electrons. The maximum atomic E-state index is 13.5. The molecule has 0 aliphatic carbocycles. The maximum absolute atomic E-state index is 13.5. The number of halogens is 3. The van der Waals surface area contributed by atoms with Crippen molar-refractivity contribution in [1.82, 2.24) is 9.55 Å². The van der Waals surface area contributed by atoms with E-state index in [0.29, 0.717) is 27.3 Å². The van der Waals surface area contributed by atoms with Crippen molar-refractivity contribution in [2.45, 2.75) is 0 Å². The van der Waals surface area contributed by atoms with Crippen LogP contribution in [-0.4, -0.2) is 9.55 Å². The van der Waals surface area contributed by atoms with Crippen molar-refractivity contribution in [2.24, 2.45) is 0 Å². The van der Waals surface area contributed by atoms with Crippen molar-refractivity contribution in [2.75, 3.05) is 5.73 Å². The van der Waals surface area contributed by atoms with E-state index in [-0.39, 0.29) is 11.0 Å². The Morgan fingerprint density at radius 2 is 1.95 bits per heavy atom. The van der Waals surface area contributed by atoms with E-state index in [2.05, 4.69) is 4.98 Å². The summed E-state index contributed by atoms with van der Waals surface area (Å²) in [6.07, 6.45) is 0. The van der Waals surface area contributed by atoms with Gasteiger partial charge in [-0.1, -0.05) is 23.2 Å². The molecule has 0 unspecified atom stereocenters.